The van der Waals surface area contributed by atoms with E-state index in [1.54, 1.807) is 6.20 Å². The summed E-state index contributed by atoms with van der Waals surface area (Å²) in [6.45, 7) is 4.89. The molecular formula is C14H18N2O. The van der Waals surface area contributed by atoms with Crippen LogP contribution < -0.4 is 0 Å². The first-order valence-corrected chi connectivity index (χ1v) is 6.16. The summed E-state index contributed by atoms with van der Waals surface area (Å²) < 4.78 is 0. The van der Waals surface area contributed by atoms with Crippen LogP contribution in [-0.2, 0) is 4.79 Å². The van der Waals surface area contributed by atoms with Gasteiger partial charge in [0.05, 0.1) is 5.69 Å². The van der Waals surface area contributed by atoms with Gasteiger partial charge in [0, 0.05) is 31.3 Å². The number of nitrogens with zero attached hydrogens (tertiary/aromatic N) is 2. The number of likely N-dealkylation sites (tertiary alicyclic amines) is 1. The van der Waals surface area contributed by atoms with Crippen LogP contribution in [-0.4, -0.2) is 35.3 Å². The molecule has 0 atom stereocenters. The second kappa shape index (κ2) is 5.73. The molecule has 17 heavy (non-hydrogen) atoms. The summed E-state index contributed by atoms with van der Waals surface area (Å²) in [4.78, 5) is 18.4. The standard InChI is InChI=1S/C14H18N2O/c1-2-8-16-9-6-14(17)12(11-16)10-13-5-3-4-7-15-13/h3-5,7,10H,2,6,8-9,11H2,1H3/b12-10+. The molecule has 90 valence electrons. The number of rotatable bonds is 3. The summed E-state index contributed by atoms with van der Waals surface area (Å²) in [5, 5.41) is 0. The van der Waals surface area contributed by atoms with Crippen LogP contribution in [0.1, 0.15) is 25.5 Å². The van der Waals surface area contributed by atoms with Gasteiger partial charge in [0.1, 0.15) is 0 Å². The van der Waals surface area contributed by atoms with E-state index in [0.29, 0.717) is 6.42 Å². The average molecular weight is 230 g/mol. The maximum Gasteiger partial charge on any atom is 0.161 e. The van der Waals surface area contributed by atoms with E-state index in [0.717, 1.165) is 37.3 Å². The van der Waals surface area contributed by atoms with Crippen molar-refractivity contribution in [1.29, 1.82) is 0 Å². The van der Waals surface area contributed by atoms with Gasteiger partial charge in [0.2, 0.25) is 0 Å². The highest BCUT2D eigenvalue weighted by Gasteiger charge is 2.20. The zero-order chi connectivity index (χ0) is 12.1. The van der Waals surface area contributed by atoms with E-state index in [-0.39, 0.29) is 5.78 Å². The van der Waals surface area contributed by atoms with E-state index in [4.69, 9.17) is 0 Å². The number of piperidine rings is 1. The Morgan fingerprint density at radius 1 is 1.47 bits per heavy atom. The van der Waals surface area contributed by atoms with Crippen molar-refractivity contribution in [3.8, 4) is 0 Å². The molecule has 1 aliphatic rings. The van der Waals surface area contributed by atoms with Crippen molar-refractivity contribution in [3.05, 3.63) is 35.7 Å². The first-order chi connectivity index (χ1) is 8.29. The number of carbonyl (C=O) groups is 1. The monoisotopic (exact) mass is 230 g/mol. The molecule has 1 aromatic rings. The topological polar surface area (TPSA) is 33.2 Å². The van der Waals surface area contributed by atoms with Crippen LogP contribution in [0.5, 0.6) is 0 Å². The summed E-state index contributed by atoms with van der Waals surface area (Å²) in [6.07, 6.45) is 5.44. The van der Waals surface area contributed by atoms with Crippen LogP contribution >= 0.6 is 0 Å². The maximum atomic E-state index is 11.8. The lowest BCUT2D eigenvalue weighted by atomic mass is 10.0. The Bertz CT molecular complexity index is 411. The van der Waals surface area contributed by atoms with Crippen LogP contribution in [0.25, 0.3) is 6.08 Å². The summed E-state index contributed by atoms with van der Waals surface area (Å²) in [7, 11) is 0. The van der Waals surface area contributed by atoms with E-state index in [2.05, 4.69) is 16.8 Å². The molecule has 3 heteroatoms. The predicted octanol–water partition coefficient (Wildman–Crippen LogP) is 2.15. The largest absolute Gasteiger partial charge is 0.299 e. The number of pyridine rings is 1. The fourth-order valence-corrected chi connectivity index (χ4v) is 2.10. The van der Waals surface area contributed by atoms with Gasteiger partial charge in [-0.1, -0.05) is 13.0 Å². The van der Waals surface area contributed by atoms with Crippen molar-refractivity contribution in [2.45, 2.75) is 19.8 Å². The van der Waals surface area contributed by atoms with E-state index >= 15 is 0 Å². The van der Waals surface area contributed by atoms with E-state index < -0.39 is 0 Å². The highest BCUT2D eigenvalue weighted by molar-refractivity contribution is 6.00. The number of Topliss-reactive ketones (excluding diaryl/α,β-unsaturated/α-hetero) is 1. The molecule has 0 bridgehead atoms. The molecule has 0 spiro atoms. The molecule has 0 amide bonds. The summed E-state index contributed by atoms with van der Waals surface area (Å²) >= 11 is 0. The van der Waals surface area contributed by atoms with E-state index in [1.165, 1.54) is 0 Å². The molecular weight excluding hydrogens is 212 g/mol. The lowest BCUT2D eigenvalue weighted by molar-refractivity contribution is -0.117. The minimum Gasteiger partial charge on any atom is -0.299 e. The van der Waals surface area contributed by atoms with Crippen molar-refractivity contribution in [3.63, 3.8) is 0 Å². The molecule has 0 saturated carbocycles. The molecule has 0 aliphatic carbocycles. The third-order valence-electron chi connectivity index (χ3n) is 2.96. The fraction of sp³-hybridized carbons (Fsp3) is 0.429. The Hall–Kier alpha value is -1.48. The third-order valence-corrected chi connectivity index (χ3v) is 2.96. The Labute approximate surface area is 102 Å². The normalized spacial score (nSPS) is 19.8. The van der Waals surface area contributed by atoms with Crippen LogP contribution in [0.3, 0.4) is 0 Å². The quantitative estimate of drug-likeness (QED) is 0.746. The first-order valence-electron chi connectivity index (χ1n) is 6.16. The molecule has 2 heterocycles. The lowest BCUT2D eigenvalue weighted by Crippen LogP contribution is -2.36. The van der Waals surface area contributed by atoms with Crippen LogP contribution in [0.4, 0.5) is 0 Å². The first kappa shape index (κ1) is 12.0. The Kier molecular flexibility index (Phi) is 4.04. The summed E-state index contributed by atoms with van der Waals surface area (Å²) in [5.41, 5.74) is 1.76. The molecule has 3 nitrogen and oxygen atoms in total. The molecule has 0 N–H and O–H groups in total. The van der Waals surface area contributed by atoms with Crippen molar-refractivity contribution in [1.82, 2.24) is 9.88 Å². The van der Waals surface area contributed by atoms with Crippen LogP contribution in [0, 0.1) is 0 Å². The van der Waals surface area contributed by atoms with Gasteiger partial charge in [-0.2, -0.15) is 0 Å². The summed E-state index contributed by atoms with van der Waals surface area (Å²) in [6, 6.07) is 5.75. The Balaban J connectivity index is 2.12. The van der Waals surface area contributed by atoms with Gasteiger partial charge in [-0.3, -0.25) is 14.7 Å². The van der Waals surface area contributed by atoms with Gasteiger partial charge in [0.25, 0.3) is 0 Å². The molecule has 1 aliphatic heterocycles. The Morgan fingerprint density at radius 3 is 3.06 bits per heavy atom. The second-order valence-corrected chi connectivity index (χ2v) is 4.37. The van der Waals surface area contributed by atoms with Gasteiger partial charge in [-0.25, -0.2) is 0 Å². The number of hydrogen-bond acceptors (Lipinski definition) is 3. The van der Waals surface area contributed by atoms with E-state index in [1.807, 2.05) is 24.3 Å². The smallest absolute Gasteiger partial charge is 0.161 e. The van der Waals surface area contributed by atoms with Gasteiger partial charge in [0.15, 0.2) is 5.78 Å². The third kappa shape index (κ3) is 3.24. The average Bonchev–Trinajstić information content (AvgIpc) is 2.35. The van der Waals surface area contributed by atoms with Gasteiger partial charge in [-0.05, 0) is 31.2 Å². The maximum absolute atomic E-state index is 11.8. The van der Waals surface area contributed by atoms with Crippen LogP contribution in [0.15, 0.2) is 30.0 Å². The van der Waals surface area contributed by atoms with Gasteiger partial charge in [-0.15, -0.1) is 0 Å². The molecule has 2 rings (SSSR count). The van der Waals surface area contributed by atoms with Crippen molar-refractivity contribution >= 4 is 11.9 Å². The SMILES string of the molecule is CCCN1CCC(=O)/C(=C/c2ccccn2)C1. The highest BCUT2D eigenvalue weighted by atomic mass is 16.1. The second-order valence-electron chi connectivity index (χ2n) is 4.37. The molecule has 0 radical (unpaired) electrons. The number of carbonyl (C=O) groups excluding carboxylic acids is 1. The van der Waals surface area contributed by atoms with Crippen molar-refractivity contribution in [2.24, 2.45) is 0 Å². The van der Waals surface area contributed by atoms with Crippen molar-refractivity contribution < 1.29 is 4.79 Å². The number of ketones is 1. The predicted molar refractivity (Wildman–Crippen MR) is 68.6 cm³/mol. The van der Waals surface area contributed by atoms with Gasteiger partial charge < -0.3 is 0 Å². The lowest BCUT2D eigenvalue weighted by Gasteiger charge is -2.27. The summed E-state index contributed by atoms with van der Waals surface area (Å²) in [5.74, 6) is 0.267. The number of hydrogen-bond donors (Lipinski definition) is 0. The van der Waals surface area contributed by atoms with Gasteiger partial charge >= 0.3 is 0 Å². The van der Waals surface area contributed by atoms with Crippen LogP contribution in [0.2, 0.25) is 0 Å². The van der Waals surface area contributed by atoms with E-state index in [9.17, 15) is 4.79 Å². The fourth-order valence-electron chi connectivity index (χ4n) is 2.10. The minimum atomic E-state index is 0.267. The Morgan fingerprint density at radius 2 is 2.35 bits per heavy atom. The zero-order valence-electron chi connectivity index (χ0n) is 10.2. The van der Waals surface area contributed by atoms with Crippen molar-refractivity contribution in [2.75, 3.05) is 19.6 Å². The molecule has 1 saturated heterocycles. The molecule has 1 aromatic heterocycles. The molecule has 0 unspecified atom stereocenters. The zero-order valence-corrected chi connectivity index (χ0v) is 10.2. The highest BCUT2D eigenvalue weighted by Crippen LogP contribution is 2.15. The minimum absolute atomic E-state index is 0.267. The molecule has 0 aromatic carbocycles. The number of aromatic nitrogens is 1. The molecule has 1 fully saturated rings.